The van der Waals surface area contributed by atoms with Crippen LogP contribution in [-0.4, -0.2) is 47.1 Å². The number of carboxylic acid groups (broad SMARTS) is 1. The Hall–Kier alpha value is -2.02. The molecule has 132 valence electrons. The third-order valence-electron chi connectivity index (χ3n) is 4.37. The molecule has 2 N–H and O–H groups in total. The molecule has 5 nitrogen and oxygen atoms in total. The second-order valence-electron chi connectivity index (χ2n) is 6.08. The van der Waals surface area contributed by atoms with Crippen molar-refractivity contribution in [1.82, 2.24) is 10.2 Å². The molecule has 1 aromatic rings. The summed E-state index contributed by atoms with van der Waals surface area (Å²) in [5, 5.41) is 11.7. The van der Waals surface area contributed by atoms with Gasteiger partial charge in [-0.1, -0.05) is 6.92 Å². The fourth-order valence-corrected chi connectivity index (χ4v) is 2.96. The van der Waals surface area contributed by atoms with Crippen molar-refractivity contribution in [1.29, 1.82) is 0 Å². The van der Waals surface area contributed by atoms with Gasteiger partial charge in [-0.05, 0) is 49.6 Å². The number of benzene rings is 1. The lowest BCUT2D eigenvalue weighted by Crippen LogP contribution is -2.54. The number of amides is 1. The van der Waals surface area contributed by atoms with Crippen LogP contribution in [-0.2, 0) is 16.0 Å². The molecule has 7 heteroatoms. The summed E-state index contributed by atoms with van der Waals surface area (Å²) in [7, 11) is 0. The van der Waals surface area contributed by atoms with Crippen LogP contribution in [0.2, 0.25) is 0 Å². The van der Waals surface area contributed by atoms with Crippen LogP contribution in [0.4, 0.5) is 8.78 Å². The van der Waals surface area contributed by atoms with Crippen molar-refractivity contribution in [3.05, 3.63) is 35.4 Å². The molecule has 24 heavy (non-hydrogen) atoms. The summed E-state index contributed by atoms with van der Waals surface area (Å²) in [4.78, 5) is 24.5. The van der Waals surface area contributed by atoms with Crippen LogP contribution < -0.4 is 5.32 Å². The molecular formula is C17H22F2N2O3. The number of likely N-dealkylation sites (N-methyl/N-ethyl adjacent to an activating group) is 1. The molecule has 1 aliphatic carbocycles. The minimum Gasteiger partial charge on any atom is -0.480 e. The number of carboxylic acids is 1. The van der Waals surface area contributed by atoms with Crippen molar-refractivity contribution < 1.29 is 23.5 Å². The molecule has 0 aliphatic heterocycles. The number of aryl methyl sites for hydroxylation is 1. The lowest BCUT2D eigenvalue weighted by Gasteiger charge is -2.42. The highest BCUT2D eigenvalue weighted by Gasteiger charge is 2.34. The van der Waals surface area contributed by atoms with E-state index in [0.717, 1.165) is 18.2 Å². The van der Waals surface area contributed by atoms with Gasteiger partial charge in [0.25, 0.3) is 0 Å². The van der Waals surface area contributed by atoms with Gasteiger partial charge in [0.05, 0.1) is 6.54 Å². The van der Waals surface area contributed by atoms with Crippen molar-refractivity contribution in [3.8, 4) is 0 Å². The zero-order chi connectivity index (χ0) is 17.7. The van der Waals surface area contributed by atoms with Gasteiger partial charge in [-0.2, -0.15) is 0 Å². The van der Waals surface area contributed by atoms with Gasteiger partial charge in [-0.15, -0.1) is 0 Å². The van der Waals surface area contributed by atoms with E-state index in [1.807, 2.05) is 11.8 Å². The smallest absolute Gasteiger partial charge is 0.317 e. The fourth-order valence-electron chi connectivity index (χ4n) is 2.96. The lowest BCUT2D eigenvalue weighted by atomic mass is 9.85. The highest BCUT2D eigenvalue weighted by molar-refractivity contribution is 5.76. The van der Waals surface area contributed by atoms with Crippen molar-refractivity contribution in [3.63, 3.8) is 0 Å². The van der Waals surface area contributed by atoms with Gasteiger partial charge in [-0.3, -0.25) is 14.5 Å². The SMILES string of the molecule is CCN(CC(=O)O)C1CC(NC(=O)CCc2cc(F)ccc2F)C1. The summed E-state index contributed by atoms with van der Waals surface area (Å²) in [6.45, 7) is 2.56. The van der Waals surface area contributed by atoms with E-state index in [0.29, 0.717) is 19.4 Å². The summed E-state index contributed by atoms with van der Waals surface area (Å²) in [6.07, 6.45) is 1.65. The van der Waals surface area contributed by atoms with Crippen molar-refractivity contribution >= 4 is 11.9 Å². The van der Waals surface area contributed by atoms with Gasteiger partial charge >= 0.3 is 5.97 Å². The standard InChI is InChI=1S/C17H22F2N2O3/c1-2-21(10-17(23)24)14-8-13(9-14)20-16(22)6-3-11-7-12(18)4-5-15(11)19/h4-5,7,13-14H,2-3,6,8-10H2,1H3,(H,20,22)(H,23,24). The lowest BCUT2D eigenvalue weighted by molar-refractivity contribution is -0.139. The van der Waals surface area contributed by atoms with E-state index in [1.165, 1.54) is 0 Å². The zero-order valence-electron chi connectivity index (χ0n) is 13.6. The van der Waals surface area contributed by atoms with Gasteiger partial charge in [0, 0.05) is 18.5 Å². The first-order valence-corrected chi connectivity index (χ1v) is 8.08. The molecule has 2 rings (SSSR count). The molecule has 0 saturated heterocycles. The van der Waals surface area contributed by atoms with Gasteiger partial charge in [0.1, 0.15) is 11.6 Å². The van der Waals surface area contributed by atoms with E-state index < -0.39 is 17.6 Å². The van der Waals surface area contributed by atoms with E-state index in [9.17, 15) is 18.4 Å². The number of halogens is 2. The molecule has 0 spiro atoms. The summed E-state index contributed by atoms with van der Waals surface area (Å²) in [5.41, 5.74) is 0.190. The Labute approximate surface area is 139 Å². The maximum absolute atomic E-state index is 13.5. The third-order valence-corrected chi connectivity index (χ3v) is 4.37. The molecular weight excluding hydrogens is 318 g/mol. The maximum Gasteiger partial charge on any atom is 0.317 e. The molecule has 0 atom stereocenters. The predicted molar refractivity (Wildman–Crippen MR) is 84.5 cm³/mol. The Kier molecular flexibility index (Phi) is 6.25. The van der Waals surface area contributed by atoms with Crippen LogP contribution in [0.3, 0.4) is 0 Å². The van der Waals surface area contributed by atoms with E-state index in [1.54, 1.807) is 0 Å². The largest absolute Gasteiger partial charge is 0.480 e. The molecule has 1 aliphatic rings. The Balaban J connectivity index is 1.73. The van der Waals surface area contributed by atoms with Crippen molar-refractivity contribution in [2.45, 2.75) is 44.7 Å². The molecule has 0 aromatic heterocycles. The molecule has 1 aromatic carbocycles. The zero-order valence-corrected chi connectivity index (χ0v) is 13.6. The quantitative estimate of drug-likeness (QED) is 0.759. The van der Waals surface area contributed by atoms with Crippen LogP contribution in [0.1, 0.15) is 31.7 Å². The number of carbonyl (C=O) groups is 2. The highest BCUT2D eigenvalue weighted by Crippen LogP contribution is 2.25. The average Bonchev–Trinajstić information content (AvgIpc) is 2.49. The summed E-state index contributed by atoms with van der Waals surface area (Å²) in [6, 6.07) is 3.39. The summed E-state index contributed by atoms with van der Waals surface area (Å²) in [5.74, 6) is -2.10. The normalized spacial score (nSPS) is 19.8. The minimum absolute atomic E-state index is 0.000676. The number of hydrogen-bond donors (Lipinski definition) is 2. The molecule has 1 saturated carbocycles. The summed E-state index contributed by atoms with van der Waals surface area (Å²) >= 11 is 0. The number of rotatable bonds is 8. The van der Waals surface area contributed by atoms with E-state index in [2.05, 4.69) is 5.32 Å². The molecule has 1 fully saturated rings. The second-order valence-corrected chi connectivity index (χ2v) is 6.08. The molecule has 0 radical (unpaired) electrons. The second kappa shape index (κ2) is 8.19. The topological polar surface area (TPSA) is 69.6 Å². The van der Waals surface area contributed by atoms with Crippen molar-refractivity contribution in [2.24, 2.45) is 0 Å². The highest BCUT2D eigenvalue weighted by atomic mass is 19.1. The Morgan fingerprint density at radius 1 is 1.33 bits per heavy atom. The number of carbonyl (C=O) groups excluding carboxylic acids is 1. The van der Waals surface area contributed by atoms with Crippen molar-refractivity contribution in [2.75, 3.05) is 13.1 Å². The maximum atomic E-state index is 13.5. The van der Waals surface area contributed by atoms with Crippen LogP contribution in [0.25, 0.3) is 0 Å². The first-order valence-electron chi connectivity index (χ1n) is 8.08. The fraction of sp³-hybridized carbons (Fsp3) is 0.529. The number of hydrogen-bond acceptors (Lipinski definition) is 3. The van der Waals surface area contributed by atoms with Gasteiger partial charge < -0.3 is 10.4 Å². The molecule has 0 unspecified atom stereocenters. The van der Waals surface area contributed by atoms with Gasteiger partial charge in [0.2, 0.25) is 5.91 Å². The van der Waals surface area contributed by atoms with E-state index in [-0.39, 0.29) is 42.9 Å². The number of aliphatic carboxylic acids is 1. The van der Waals surface area contributed by atoms with Crippen LogP contribution >= 0.6 is 0 Å². The Bertz CT molecular complexity index is 603. The third kappa shape index (κ3) is 4.99. The molecule has 1 amide bonds. The number of nitrogens with zero attached hydrogens (tertiary/aromatic N) is 1. The van der Waals surface area contributed by atoms with E-state index >= 15 is 0 Å². The van der Waals surface area contributed by atoms with E-state index in [4.69, 9.17) is 5.11 Å². The van der Waals surface area contributed by atoms with Crippen LogP contribution in [0.5, 0.6) is 0 Å². The van der Waals surface area contributed by atoms with Crippen LogP contribution in [0.15, 0.2) is 18.2 Å². The van der Waals surface area contributed by atoms with Gasteiger partial charge in [-0.25, -0.2) is 8.78 Å². The Morgan fingerprint density at radius 3 is 2.67 bits per heavy atom. The van der Waals surface area contributed by atoms with Gasteiger partial charge in [0.15, 0.2) is 0 Å². The average molecular weight is 340 g/mol. The Morgan fingerprint density at radius 2 is 2.04 bits per heavy atom. The molecule has 0 bridgehead atoms. The first-order chi connectivity index (χ1) is 11.4. The first kappa shape index (κ1) is 18.3. The minimum atomic E-state index is -0.860. The van der Waals surface area contributed by atoms with Crippen LogP contribution in [0, 0.1) is 11.6 Å². The molecule has 0 heterocycles. The summed E-state index contributed by atoms with van der Waals surface area (Å²) < 4.78 is 26.6. The number of nitrogens with one attached hydrogen (secondary N) is 1. The monoisotopic (exact) mass is 340 g/mol. The predicted octanol–water partition coefficient (Wildman–Crippen LogP) is 1.95.